The second-order valence-corrected chi connectivity index (χ2v) is 7.65. The van der Waals surface area contributed by atoms with Crippen molar-refractivity contribution in [2.24, 2.45) is 0 Å². The summed E-state index contributed by atoms with van der Waals surface area (Å²) in [6.07, 6.45) is -1.86. The van der Waals surface area contributed by atoms with Crippen LogP contribution in [-0.4, -0.2) is 89.4 Å². The van der Waals surface area contributed by atoms with Crippen molar-refractivity contribution < 1.29 is 39.4 Å². The predicted octanol–water partition coefficient (Wildman–Crippen LogP) is -3.25. The van der Waals surface area contributed by atoms with Crippen molar-refractivity contribution in [1.29, 1.82) is 10.8 Å². The van der Waals surface area contributed by atoms with E-state index in [-0.39, 0.29) is 36.2 Å². The van der Waals surface area contributed by atoms with Crippen molar-refractivity contribution in [3.05, 3.63) is 35.5 Å². The Labute approximate surface area is 179 Å². The first-order chi connectivity index (χ1) is 15.4. The van der Waals surface area contributed by atoms with Crippen molar-refractivity contribution in [2.45, 2.75) is 49.1 Å². The standard InChI is InChI=1S/2C9H11N3O4/c2*10-5-1-2-12-8-7(16-9(12)11-5)6(14)4(3-13)15-8/h2*1-2,4,6-8,10,13-14H,3H2/t2*4-,6-,7+,8-/m11/s1. The van der Waals surface area contributed by atoms with E-state index in [0.717, 1.165) is 0 Å². The lowest BCUT2D eigenvalue weighted by molar-refractivity contribution is -0.0434. The van der Waals surface area contributed by atoms with Gasteiger partial charge in [0, 0.05) is 12.4 Å². The zero-order chi connectivity index (χ0) is 22.6. The van der Waals surface area contributed by atoms with E-state index in [4.69, 9.17) is 40.0 Å². The van der Waals surface area contributed by atoms with Gasteiger partial charge in [-0.2, -0.15) is 9.97 Å². The van der Waals surface area contributed by atoms with Crippen LogP contribution in [0.1, 0.15) is 12.5 Å². The molecule has 172 valence electrons. The summed E-state index contributed by atoms with van der Waals surface area (Å²) in [5, 5.41) is 52.3. The van der Waals surface area contributed by atoms with Crippen LogP contribution in [0.4, 0.5) is 0 Å². The Morgan fingerprint density at radius 2 is 1.19 bits per heavy atom. The molecule has 2 fully saturated rings. The first-order valence-corrected chi connectivity index (χ1v) is 9.91. The van der Waals surface area contributed by atoms with Crippen molar-refractivity contribution >= 4 is 0 Å². The average Bonchev–Trinajstić information content (AvgIpc) is 3.48. The first kappa shape index (κ1) is 21.0. The monoisotopic (exact) mass is 450 g/mol. The number of fused-ring (bicyclic) bond motifs is 6. The highest BCUT2D eigenvalue weighted by atomic mass is 16.6. The van der Waals surface area contributed by atoms with Gasteiger partial charge in [-0.1, -0.05) is 0 Å². The van der Waals surface area contributed by atoms with Crippen molar-refractivity contribution in [1.82, 2.24) is 19.1 Å². The van der Waals surface area contributed by atoms with E-state index >= 15 is 0 Å². The van der Waals surface area contributed by atoms with Gasteiger partial charge < -0.3 is 39.4 Å². The molecule has 14 nitrogen and oxygen atoms in total. The molecular formula is C18H22N6O8. The van der Waals surface area contributed by atoms with E-state index < -0.39 is 49.1 Å². The normalized spacial score (nSPS) is 35.6. The van der Waals surface area contributed by atoms with Crippen LogP contribution in [0.25, 0.3) is 0 Å². The lowest BCUT2D eigenvalue weighted by Crippen LogP contribution is -2.34. The molecule has 0 aromatic carbocycles. The highest BCUT2D eigenvalue weighted by Gasteiger charge is 2.51. The molecule has 0 aliphatic carbocycles. The van der Waals surface area contributed by atoms with Gasteiger partial charge in [-0.15, -0.1) is 0 Å². The summed E-state index contributed by atoms with van der Waals surface area (Å²) in [6.45, 7) is -0.505. The van der Waals surface area contributed by atoms with E-state index in [0.29, 0.717) is 0 Å². The van der Waals surface area contributed by atoms with Gasteiger partial charge in [-0.05, 0) is 12.1 Å². The molecule has 4 aliphatic heterocycles. The summed E-state index contributed by atoms with van der Waals surface area (Å²) >= 11 is 0. The van der Waals surface area contributed by atoms with Crippen LogP contribution in [0.2, 0.25) is 0 Å². The summed E-state index contributed by atoms with van der Waals surface area (Å²) in [5.74, 6) is 0. The topological polar surface area (TPSA) is 201 Å². The molecule has 0 amide bonds. The van der Waals surface area contributed by atoms with Gasteiger partial charge in [0.1, 0.15) is 24.4 Å². The van der Waals surface area contributed by atoms with Crippen molar-refractivity contribution in [3.63, 3.8) is 0 Å². The van der Waals surface area contributed by atoms with Crippen molar-refractivity contribution in [2.75, 3.05) is 13.2 Å². The van der Waals surface area contributed by atoms with Gasteiger partial charge in [-0.25, -0.2) is 0 Å². The van der Waals surface area contributed by atoms with E-state index in [9.17, 15) is 10.2 Å². The summed E-state index contributed by atoms with van der Waals surface area (Å²) in [4.78, 5) is 7.75. The fourth-order valence-corrected chi connectivity index (χ4v) is 4.07. The third-order valence-corrected chi connectivity index (χ3v) is 5.68. The van der Waals surface area contributed by atoms with Crippen LogP contribution in [-0.2, 0) is 9.47 Å². The quantitative estimate of drug-likeness (QED) is 0.270. The maximum Gasteiger partial charge on any atom is 0.301 e. The van der Waals surface area contributed by atoms with Gasteiger partial charge in [0.05, 0.1) is 13.2 Å². The summed E-state index contributed by atoms with van der Waals surface area (Å²) in [6, 6.07) is 3.55. The highest BCUT2D eigenvalue weighted by Crippen LogP contribution is 2.39. The number of rotatable bonds is 2. The number of aliphatic hydroxyl groups is 4. The lowest BCUT2D eigenvalue weighted by Gasteiger charge is -2.14. The molecule has 0 saturated carbocycles. The first-order valence-electron chi connectivity index (χ1n) is 9.91. The molecule has 14 heteroatoms. The number of ether oxygens (including phenoxy) is 4. The minimum atomic E-state index is -0.883. The number of hydrogen-bond acceptors (Lipinski definition) is 12. The van der Waals surface area contributed by atoms with E-state index in [2.05, 4.69) is 9.97 Å². The Morgan fingerprint density at radius 1 is 0.781 bits per heavy atom. The molecule has 6 rings (SSSR count). The molecule has 2 aromatic rings. The molecule has 32 heavy (non-hydrogen) atoms. The Balaban J connectivity index is 0.000000135. The molecule has 6 N–H and O–H groups in total. The predicted molar refractivity (Wildman–Crippen MR) is 99.0 cm³/mol. The number of aliphatic hydroxyl groups excluding tert-OH is 4. The molecular weight excluding hydrogens is 428 g/mol. The minimum Gasteiger partial charge on any atom is -0.454 e. The third-order valence-electron chi connectivity index (χ3n) is 5.68. The molecule has 2 saturated heterocycles. The summed E-state index contributed by atoms with van der Waals surface area (Å²) < 4.78 is 24.9. The fraction of sp³-hybridized carbons (Fsp3) is 0.556. The van der Waals surface area contributed by atoms with E-state index in [1.54, 1.807) is 21.5 Å². The van der Waals surface area contributed by atoms with E-state index in [1.807, 2.05) is 0 Å². The van der Waals surface area contributed by atoms with Gasteiger partial charge in [0.15, 0.2) is 35.6 Å². The largest absolute Gasteiger partial charge is 0.454 e. The molecule has 8 atom stereocenters. The van der Waals surface area contributed by atoms with Crippen LogP contribution in [0, 0.1) is 10.8 Å². The molecule has 0 unspecified atom stereocenters. The van der Waals surface area contributed by atoms with Crippen LogP contribution in [0.3, 0.4) is 0 Å². The Bertz CT molecular complexity index is 1040. The second kappa shape index (κ2) is 7.91. The smallest absolute Gasteiger partial charge is 0.301 e. The zero-order valence-electron chi connectivity index (χ0n) is 16.6. The Kier molecular flexibility index (Phi) is 5.19. The number of nitrogens with zero attached hydrogens (tertiary/aromatic N) is 4. The van der Waals surface area contributed by atoms with Crippen LogP contribution in [0.5, 0.6) is 12.0 Å². The molecule has 6 heterocycles. The average molecular weight is 450 g/mol. The Morgan fingerprint density at radius 3 is 1.56 bits per heavy atom. The molecule has 0 radical (unpaired) electrons. The SMILES string of the molecule is N=c1ccn2c(n1)O[C@H]1[C@H](O)[C@@H](CO)O[C@H]12.N=c1ccn2c(n1)O[C@H]1[C@H](O)[C@@H](CO)O[C@H]12. The molecule has 4 aliphatic rings. The summed E-state index contributed by atoms with van der Waals surface area (Å²) in [5.41, 5.74) is 0.193. The van der Waals surface area contributed by atoms with Gasteiger partial charge in [0.25, 0.3) is 0 Å². The number of aromatic nitrogens is 4. The molecule has 0 bridgehead atoms. The maximum atomic E-state index is 9.80. The summed E-state index contributed by atoms with van der Waals surface area (Å²) in [7, 11) is 0. The molecule has 2 aromatic heterocycles. The Hall–Kier alpha value is -2.88. The number of nitrogens with one attached hydrogen (secondary N) is 2. The lowest BCUT2D eigenvalue weighted by atomic mass is 10.1. The van der Waals surface area contributed by atoms with Crippen LogP contribution < -0.4 is 20.4 Å². The maximum absolute atomic E-state index is 9.80. The van der Waals surface area contributed by atoms with Crippen molar-refractivity contribution in [3.8, 4) is 12.0 Å². The van der Waals surface area contributed by atoms with E-state index in [1.165, 1.54) is 12.1 Å². The van der Waals surface area contributed by atoms with Gasteiger partial charge in [-0.3, -0.25) is 20.0 Å². The van der Waals surface area contributed by atoms with Crippen LogP contribution in [0.15, 0.2) is 24.5 Å². The molecule has 0 spiro atoms. The third kappa shape index (κ3) is 3.28. The zero-order valence-corrected chi connectivity index (χ0v) is 16.6. The second-order valence-electron chi connectivity index (χ2n) is 7.65. The van der Waals surface area contributed by atoms with Gasteiger partial charge in [0.2, 0.25) is 0 Å². The number of hydrogen-bond donors (Lipinski definition) is 6. The minimum absolute atomic E-state index is 0.0967. The van der Waals surface area contributed by atoms with Gasteiger partial charge >= 0.3 is 12.0 Å². The fourth-order valence-electron chi connectivity index (χ4n) is 4.07. The van der Waals surface area contributed by atoms with Crippen LogP contribution >= 0.6 is 0 Å². The highest BCUT2D eigenvalue weighted by molar-refractivity contribution is 5.11.